The number of aryl methyl sites for hydroxylation is 4. The number of aliphatic hydroxyl groups is 3. The van der Waals surface area contributed by atoms with Gasteiger partial charge in [0.1, 0.15) is 25.8 Å². The molecule has 12 rings (SSSR count). The largest absolute Gasteiger partial charge is 0.475 e. The highest BCUT2D eigenvalue weighted by molar-refractivity contribution is 9.11. The molecule has 0 aliphatic carbocycles. The molecule has 5 atom stereocenters. The van der Waals surface area contributed by atoms with Gasteiger partial charge in [0.25, 0.3) is 23.6 Å². The average Bonchev–Trinajstić information content (AvgIpc) is 0.949. The number of anilines is 4. The zero-order valence-electron chi connectivity index (χ0n) is 66.5. The standard InChI is InChI=1S/C82H88Br4N22O10S6/c83-53-17-11-16-51(40-53)69(111)73(114)95-79-103-99-65(121-79)22-5-6-23-66-100-104-80(122-66)96-74(115)70(112)52-27-29-60(58(86)42-52)118-72(76(117)98-82-106-102-68(124-82)25-8-7-24-67-101-105-81(123-67)97-75(116)71(113)54-18-1-2-19-56(54)84)55-28-26-50(41-57(55)85)59-45-108(35-32-92-59)44-49-15-10-13-47(37-49)39-64(110)94-78(90)120-62(88)21-4-3-20-61(87)119-77(89)93-63(109)38-46-12-9-14-48(36-46)43-107-33-30-91-31-34-107/h1-2,9-19,26-29,36-37,40-42,59,69-72,87-88,91-92,111-113H,3-8,20-25,30-35,38-39,43-45H2,(H2,89,93,109)(H2,90,94,110)(H,95,103,114)(H,96,104,115)(H,97,105,116)(H,98,106,117). The molecule has 32 nitrogen and oxygen atoms in total. The van der Waals surface area contributed by atoms with E-state index in [0.717, 1.165) is 95.1 Å². The number of aliphatic hydroxyl groups excluding tert-OH is 3. The number of halogens is 4. The van der Waals surface area contributed by atoms with Crippen LogP contribution in [0.2, 0.25) is 0 Å². The molecule has 0 spiro atoms. The number of piperazine rings is 2. The molecule has 2 aliphatic heterocycles. The molecule has 0 radical (unpaired) electrons. The normalized spacial score (nSPS) is 14.6. The van der Waals surface area contributed by atoms with E-state index >= 15 is 0 Å². The summed E-state index contributed by atoms with van der Waals surface area (Å²) in [4.78, 5) is 84.8. The third-order valence-corrected chi connectivity index (χ3v) is 27.1. The Morgan fingerprint density at radius 1 is 0.468 bits per heavy atom. The smallest absolute Gasteiger partial charge is 0.272 e. The molecule has 6 aromatic carbocycles. The second-order valence-corrected chi connectivity index (χ2v) is 38.8. The van der Waals surface area contributed by atoms with E-state index in [1.54, 1.807) is 54.6 Å². The average molecular weight is 2050 g/mol. The van der Waals surface area contributed by atoms with Crippen molar-refractivity contribution in [3.8, 4) is 5.75 Å². The number of rotatable bonds is 38. The summed E-state index contributed by atoms with van der Waals surface area (Å²) in [6.07, 6.45) is 1.16. The molecule has 4 aromatic heterocycles. The maximum Gasteiger partial charge on any atom is 0.272 e. The first-order valence-electron chi connectivity index (χ1n) is 39.5. The molecule has 42 heteroatoms. The van der Waals surface area contributed by atoms with Crippen molar-refractivity contribution in [1.82, 2.24) is 71.9 Å². The number of ether oxygens (including phenoxy) is 1. The number of hydrogen-bond acceptors (Lipinski definition) is 32. The Balaban J connectivity index is 0.611. The number of nitrogens with zero attached hydrogens (tertiary/aromatic N) is 10. The second kappa shape index (κ2) is 47.1. The summed E-state index contributed by atoms with van der Waals surface area (Å²) in [6.45, 7) is 7.22. The van der Waals surface area contributed by atoms with Crippen molar-refractivity contribution < 1.29 is 48.8 Å². The summed E-state index contributed by atoms with van der Waals surface area (Å²) in [5.74, 6) is -3.12. The van der Waals surface area contributed by atoms with Gasteiger partial charge >= 0.3 is 0 Å². The van der Waals surface area contributed by atoms with E-state index in [2.05, 4.69) is 163 Å². The monoisotopic (exact) mass is 2050 g/mol. The highest BCUT2D eigenvalue weighted by Crippen LogP contribution is 2.38. The first-order valence-corrected chi connectivity index (χ1v) is 47.6. The lowest BCUT2D eigenvalue weighted by atomic mass is 9.99. The quantitative estimate of drug-likeness (QED) is 0.00971. The van der Waals surface area contributed by atoms with Crippen LogP contribution in [-0.4, -0.2) is 168 Å². The number of nitrogens with one attached hydrogen (secondary N) is 12. The maximum absolute atomic E-state index is 14.8. The third kappa shape index (κ3) is 29.1. The first-order chi connectivity index (χ1) is 59.8. The van der Waals surface area contributed by atoms with Gasteiger partial charge < -0.3 is 41.3 Å². The second-order valence-electron chi connectivity index (χ2n) is 28.9. The summed E-state index contributed by atoms with van der Waals surface area (Å²) in [5.41, 5.74) is 6.16. The van der Waals surface area contributed by atoms with Crippen LogP contribution in [0, 0.1) is 21.6 Å². The summed E-state index contributed by atoms with van der Waals surface area (Å²) in [6, 6.07) is 39.5. The Morgan fingerprint density at radius 3 is 1.44 bits per heavy atom. The van der Waals surface area contributed by atoms with Crippen molar-refractivity contribution in [2.24, 2.45) is 0 Å². The lowest BCUT2D eigenvalue weighted by Gasteiger charge is -2.34. The minimum absolute atomic E-state index is 0.0118. The van der Waals surface area contributed by atoms with Gasteiger partial charge in [0.05, 0.1) is 27.4 Å². The molecule has 6 heterocycles. The van der Waals surface area contributed by atoms with Crippen LogP contribution in [0.3, 0.4) is 0 Å². The SMILES string of the molecule is N=C(CCCCC(=N)SC(=N)NC(=O)Cc1cccc(CN2CCNC(c3ccc(C(Oc4ccc(C(O)C(=O)Nc5nnc(CCCCc6nnc(NC(=O)C(O)c7cccc(Br)c7)s6)s5)cc4Br)C(=O)Nc4nnc(CCCCc5nnc(NC(=O)C(O)c6ccccc6Br)s5)s4)c(Br)c3)C2)c1)SC(=N)NC(=O)Cc1cccc(CN2CCNCC2)c1. The van der Waals surface area contributed by atoms with Crippen molar-refractivity contribution >= 4 is 209 Å². The number of carbonyl (C=O) groups is 6. The number of hydrogen-bond donors (Lipinski definition) is 15. The Morgan fingerprint density at radius 2 is 0.935 bits per heavy atom. The van der Waals surface area contributed by atoms with Gasteiger partial charge in [-0.3, -0.25) is 81.5 Å². The number of benzene rings is 6. The van der Waals surface area contributed by atoms with Crippen LogP contribution in [0.15, 0.2) is 151 Å². The minimum atomic E-state index is -1.66. The van der Waals surface area contributed by atoms with E-state index in [-0.39, 0.29) is 77.1 Å². The summed E-state index contributed by atoms with van der Waals surface area (Å²) >= 11 is 20.7. The van der Waals surface area contributed by atoms with E-state index in [9.17, 15) is 44.1 Å². The van der Waals surface area contributed by atoms with E-state index < -0.39 is 54.0 Å². The van der Waals surface area contributed by atoms with E-state index in [0.29, 0.717) is 147 Å². The summed E-state index contributed by atoms with van der Waals surface area (Å²) < 4.78 is 8.83. The van der Waals surface area contributed by atoms with Crippen LogP contribution in [0.25, 0.3) is 0 Å². The number of thioether (sulfide) groups is 2. The molecule has 0 saturated carbocycles. The molecule has 2 saturated heterocycles. The van der Waals surface area contributed by atoms with Gasteiger partial charge in [-0.15, -0.1) is 40.8 Å². The Kier molecular flexibility index (Phi) is 35.9. The topological polar surface area (TPSA) is 474 Å². The Bertz CT molecular complexity index is 5470. The van der Waals surface area contributed by atoms with Crippen LogP contribution in [0.4, 0.5) is 20.5 Å². The molecule has 2 aliphatic rings. The summed E-state index contributed by atoms with van der Waals surface area (Å²) in [7, 11) is 0. The fraction of sp³-hybridized carbons (Fsp3) is 0.341. The molecular formula is C82H88Br4N22O10S6. The summed E-state index contributed by atoms with van der Waals surface area (Å²) in [5, 5.41) is 127. The zero-order chi connectivity index (χ0) is 87.6. The molecule has 10 aromatic rings. The van der Waals surface area contributed by atoms with Gasteiger partial charge in [-0.25, -0.2) is 0 Å². The lowest BCUT2D eigenvalue weighted by Crippen LogP contribution is -2.45. The minimum Gasteiger partial charge on any atom is -0.475 e. The van der Waals surface area contributed by atoms with Gasteiger partial charge in [-0.1, -0.05) is 190 Å². The lowest BCUT2D eigenvalue weighted by molar-refractivity contribution is -0.125. The van der Waals surface area contributed by atoms with Gasteiger partial charge in [0, 0.05) is 115 Å². The number of amides is 6. The predicted molar refractivity (Wildman–Crippen MR) is 498 cm³/mol. The van der Waals surface area contributed by atoms with Crippen LogP contribution < -0.4 is 47.3 Å². The zero-order valence-corrected chi connectivity index (χ0v) is 77.7. The predicted octanol–water partition coefficient (Wildman–Crippen LogP) is 13.5. The molecular weight excluding hydrogens is 1970 g/mol. The highest BCUT2D eigenvalue weighted by Gasteiger charge is 2.32. The number of aromatic nitrogens is 8. The first kappa shape index (κ1) is 94.3. The van der Waals surface area contributed by atoms with Gasteiger partial charge in [-0.05, 0) is 166 Å². The van der Waals surface area contributed by atoms with Crippen LogP contribution in [0.1, 0.15) is 152 Å². The van der Waals surface area contributed by atoms with Crippen molar-refractivity contribution in [2.75, 3.05) is 67.1 Å². The van der Waals surface area contributed by atoms with Gasteiger partial charge in [0.15, 0.2) is 28.6 Å². The Hall–Kier alpha value is -8.80. The van der Waals surface area contributed by atoms with Crippen LogP contribution in [0.5, 0.6) is 5.75 Å². The fourth-order valence-electron chi connectivity index (χ4n) is 13.3. The van der Waals surface area contributed by atoms with Gasteiger partial charge in [0.2, 0.25) is 38.4 Å². The van der Waals surface area contributed by atoms with E-state index in [1.807, 2.05) is 60.7 Å². The molecule has 15 N–H and O–H groups in total. The molecule has 650 valence electrons. The number of unbranched alkanes of at least 4 members (excludes halogenated alkanes) is 3. The van der Waals surface area contributed by atoms with Crippen molar-refractivity contribution in [1.29, 1.82) is 21.6 Å². The third-order valence-electron chi connectivity index (χ3n) is 19.4. The van der Waals surface area contributed by atoms with E-state index in [4.69, 9.17) is 26.4 Å². The van der Waals surface area contributed by atoms with Crippen LogP contribution >= 0.6 is 133 Å². The number of carbonyl (C=O) groups excluding carboxylic acids is 6. The fourth-order valence-corrected chi connectivity index (χ4v) is 19.8. The van der Waals surface area contributed by atoms with Crippen molar-refractivity contribution in [2.45, 2.75) is 133 Å². The Labute approximate surface area is 772 Å². The van der Waals surface area contributed by atoms with Crippen LogP contribution in [-0.2, 0) is 80.4 Å². The molecule has 6 amide bonds. The molecule has 5 unspecified atom stereocenters. The maximum atomic E-state index is 14.8. The van der Waals surface area contributed by atoms with E-state index in [1.165, 1.54) is 57.5 Å². The molecule has 124 heavy (non-hydrogen) atoms. The van der Waals surface area contributed by atoms with Crippen molar-refractivity contribution in [3.63, 3.8) is 0 Å². The molecule has 0 bridgehead atoms. The number of amidine groups is 2. The van der Waals surface area contributed by atoms with Gasteiger partial charge in [-0.2, -0.15) is 0 Å². The molecule has 2 fully saturated rings. The highest BCUT2D eigenvalue weighted by atomic mass is 79.9. The van der Waals surface area contributed by atoms with Crippen molar-refractivity contribution in [3.05, 3.63) is 221 Å².